The van der Waals surface area contributed by atoms with Crippen LogP contribution in [0.3, 0.4) is 0 Å². The number of ether oxygens (including phenoxy) is 1. The largest absolute Gasteiger partial charge is 0.492 e. The van der Waals surface area contributed by atoms with Gasteiger partial charge in [-0.25, -0.2) is 0 Å². The van der Waals surface area contributed by atoms with Gasteiger partial charge in [-0.1, -0.05) is 40.2 Å². The molecule has 2 rings (SSSR count). The van der Waals surface area contributed by atoms with Gasteiger partial charge in [0.25, 0.3) is 0 Å². The van der Waals surface area contributed by atoms with Gasteiger partial charge in [-0.15, -0.1) is 0 Å². The van der Waals surface area contributed by atoms with E-state index in [1.165, 1.54) is 0 Å². The van der Waals surface area contributed by atoms with Crippen LogP contribution in [0.5, 0.6) is 5.75 Å². The van der Waals surface area contributed by atoms with Gasteiger partial charge in [-0.05, 0) is 42.3 Å². The van der Waals surface area contributed by atoms with Gasteiger partial charge in [0.2, 0.25) is 0 Å². The Morgan fingerprint density at radius 2 is 1.92 bits per heavy atom. The number of aliphatic hydroxyl groups is 1. The molecule has 2 atom stereocenters. The van der Waals surface area contributed by atoms with Crippen molar-refractivity contribution in [2.45, 2.75) is 18.9 Å². The fourth-order valence-corrected chi connectivity index (χ4v) is 2.72. The molecule has 0 aliphatic heterocycles. The number of carbonyl (C=O) groups is 1. The van der Waals surface area contributed by atoms with E-state index in [9.17, 15) is 9.90 Å². The molecule has 0 saturated carbocycles. The van der Waals surface area contributed by atoms with Crippen LogP contribution in [0.25, 0.3) is 0 Å². The lowest BCUT2D eigenvalue weighted by Gasteiger charge is -2.13. The molecule has 0 fully saturated rings. The van der Waals surface area contributed by atoms with E-state index in [0.717, 1.165) is 15.6 Å². The first-order valence-electron chi connectivity index (χ1n) is 8.07. The summed E-state index contributed by atoms with van der Waals surface area (Å²) in [5, 5.41) is 22.3. The first-order chi connectivity index (χ1) is 12.0. The van der Waals surface area contributed by atoms with Crippen LogP contribution < -0.4 is 10.1 Å². The van der Waals surface area contributed by atoms with Gasteiger partial charge < -0.3 is 20.3 Å². The zero-order valence-corrected chi connectivity index (χ0v) is 15.6. The van der Waals surface area contributed by atoms with Crippen molar-refractivity contribution in [2.24, 2.45) is 0 Å². The summed E-state index contributed by atoms with van der Waals surface area (Å²) < 4.78 is 6.55. The molecule has 0 aromatic heterocycles. The first kappa shape index (κ1) is 19.4. The van der Waals surface area contributed by atoms with E-state index in [1.54, 1.807) is 31.2 Å². The lowest BCUT2D eigenvalue weighted by atomic mass is 10.0. The number of aliphatic hydroxyl groups excluding tert-OH is 1. The van der Waals surface area contributed by atoms with Crippen molar-refractivity contribution >= 4 is 21.9 Å². The zero-order chi connectivity index (χ0) is 18.2. The average Bonchev–Trinajstić information content (AvgIpc) is 2.61. The Morgan fingerprint density at radius 1 is 1.20 bits per heavy atom. The quantitative estimate of drug-likeness (QED) is 0.555. The van der Waals surface area contributed by atoms with Gasteiger partial charge >= 0.3 is 5.97 Å². The fourth-order valence-electron chi connectivity index (χ4n) is 2.31. The topological polar surface area (TPSA) is 78.8 Å². The molecular weight excluding hydrogens is 386 g/mol. The van der Waals surface area contributed by atoms with Crippen LogP contribution in [0.1, 0.15) is 30.1 Å². The Morgan fingerprint density at radius 3 is 2.56 bits per heavy atom. The number of hydrogen-bond acceptors (Lipinski definition) is 4. The number of hydrogen-bond donors (Lipinski definition) is 3. The minimum absolute atomic E-state index is 0.439. The Bertz CT molecular complexity index is 690. The van der Waals surface area contributed by atoms with Gasteiger partial charge in [-0.3, -0.25) is 4.79 Å². The molecule has 0 aliphatic carbocycles. The van der Waals surface area contributed by atoms with Crippen LogP contribution >= 0.6 is 15.9 Å². The molecule has 3 N–H and O–H groups in total. The number of nitrogens with one attached hydrogen (secondary N) is 1. The smallest absolute Gasteiger partial charge is 0.310 e. The lowest BCUT2D eigenvalue weighted by molar-refractivity contribution is -0.138. The second-order valence-electron chi connectivity index (χ2n) is 5.75. The SMILES string of the molecule is CC(C(=O)O)c1ccc(OCCNCC(O)c2cccc(Br)c2)cc1. The number of halogens is 1. The maximum atomic E-state index is 10.9. The van der Waals surface area contributed by atoms with E-state index in [-0.39, 0.29) is 0 Å². The van der Waals surface area contributed by atoms with Gasteiger partial charge in [0.05, 0.1) is 12.0 Å². The minimum atomic E-state index is -0.845. The van der Waals surface area contributed by atoms with E-state index in [0.29, 0.717) is 25.4 Å². The summed E-state index contributed by atoms with van der Waals surface area (Å²) in [6.07, 6.45) is -0.575. The number of carboxylic acid groups (broad SMARTS) is 1. The second-order valence-corrected chi connectivity index (χ2v) is 6.67. The van der Waals surface area contributed by atoms with Gasteiger partial charge in [-0.2, -0.15) is 0 Å². The maximum absolute atomic E-state index is 10.9. The van der Waals surface area contributed by atoms with Crippen LogP contribution in [0.2, 0.25) is 0 Å². The van der Waals surface area contributed by atoms with E-state index in [1.807, 2.05) is 24.3 Å². The number of carboxylic acids is 1. The van der Waals surface area contributed by atoms with Crippen molar-refractivity contribution in [3.8, 4) is 5.75 Å². The second kappa shape index (κ2) is 9.56. The van der Waals surface area contributed by atoms with Gasteiger partial charge in [0.15, 0.2) is 0 Å². The monoisotopic (exact) mass is 407 g/mol. The molecule has 6 heteroatoms. The molecule has 0 bridgehead atoms. The molecular formula is C19H22BrNO4. The minimum Gasteiger partial charge on any atom is -0.492 e. The van der Waals surface area contributed by atoms with Gasteiger partial charge in [0.1, 0.15) is 12.4 Å². The van der Waals surface area contributed by atoms with Crippen molar-refractivity contribution in [2.75, 3.05) is 19.7 Å². The third-order valence-electron chi connectivity index (χ3n) is 3.87. The molecule has 2 unspecified atom stereocenters. The third kappa shape index (κ3) is 6.16. The molecule has 134 valence electrons. The highest BCUT2D eigenvalue weighted by molar-refractivity contribution is 9.10. The Balaban J connectivity index is 1.70. The summed E-state index contributed by atoms with van der Waals surface area (Å²) in [5.74, 6) is -0.687. The van der Waals surface area contributed by atoms with Gasteiger partial charge in [0, 0.05) is 17.6 Å². The molecule has 0 heterocycles. The Labute approximate surface area is 155 Å². The van der Waals surface area contributed by atoms with Crippen molar-refractivity contribution in [3.63, 3.8) is 0 Å². The zero-order valence-electron chi connectivity index (χ0n) is 14.0. The predicted octanol–water partition coefficient (Wildman–Crippen LogP) is 3.34. The molecule has 0 spiro atoms. The highest BCUT2D eigenvalue weighted by atomic mass is 79.9. The highest BCUT2D eigenvalue weighted by Gasteiger charge is 2.13. The molecule has 0 amide bonds. The summed E-state index contributed by atoms with van der Waals surface area (Å²) in [4.78, 5) is 10.9. The van der Waals surface area contributed by atoms with E-state index >= 15 is 0 Å². The number of benzene rings is 2. The Kier molecular flexibility index (Phi) is 7.43. The van der Waals surface area contributed by atoms with Crippen LogP contribution in [-0.4, -0.2) is 35.9 Å². The van der Waals surface area contributed by atoms with Crippen molar-refractivity contribution < 1.29 is 19.7 Å². The normalized spacial score (nSPS) is 13.2. The highest BCUT2D eigenvalue weighted by Crippen LogP contribution is 2.19. The van der Waals surface area contributed by atoms with Crippen LogP contribution in [0, 0.1) is 0 Å². The molecule has 2 aromatic carbocycles. The van der Waals surface area contributed by atoms with E-state index < -0.39 is 18.0 Å². The van der Waals surface area contributed by atoms with Crippen LogP contribution in [0.15, 0.2) is 53.0 Å². The predicted molar refractivity (Wildman–Crippen MR) is 100.0 cm³/mol. The summed E-state index contributed by atoms with van der Waals surface area (Å²) >= 11 is 3.39. The van der Waals surface area contributed by atoms with Crippen LogP contribution in [-0.2, 0) is 4.79 Å². The lowest BCUT2D eigenvalue weighted by Crippen LogP contribution is -2.26. The molecule has 5 nitrogen and oxygen atoms in total. The summed E-state index contributed by atoms with van der Waals surface area (Å²) in [6, 6.07) is 14.6. The van der Waals surface area contributed by atoms with E-state index in [2.05, 4.69) is 21.2 Å². The maximum Gasteiger partial charge on any atom is 0.310 e. The van der Waals surface area contributed by atoms with Crippen LogP contribution in [0.4, 0.5) is 0 Å². The number of aliphatic carboxylic acids is 1. The average molecular weight is 408 g/mol. The first-order valence-corrected chi connectivity index (χ1v) is 8.86. The Hall–Kier alpha value is -1.89. The number of rotatable bonds is 9. The standard InChI is InChI=1S/C19H22BrNO4/c1-13(19(23)24)14-5-7-17(8-6-14)25-10-9-21-12-18(22)15-3-2-4-16(20)11-15/h2-8,11,13,18,21-22H,9-10,12H2,1H3,(H,23,24). The summed E-state index contributed by atoms with van der Waals surface area (Å²) in [7, 11) is 0. The third-order valence-corrected chi connectivity index (χ3v) is 4.36. The molecule has 0 radical (unpaired) electrons. The molecule has 2 aromatic rings. The van der Waals surface area contributed by atoms with Crippen molar-refractivity contribution in [1.82, 2.24) is 5.32 Å². The molecule has 0 saturated heterocycles. The summed E-state index contributed by atoms with van der Waals surface area (Å²) in [6.45, 7) is 3.14. The van der Waals surface area contributed by atoms with Crippen molar-refractivity contribution in [3.05, 3.63) is 64.1 Å². The fraction of sp³-hybridized carbons (Fsp3) is 0.316. The molecule has 0 aliphatic rings. The molecule has 25 heavy (non-hydrogen) atoms. The summed E-state index contributed by atoms with van der Waals surface area (Å²) in [5.41, 5.74) is 1.60. The van der Waals surface area contributed by atoms with E-state index in [4.69, 9.17) is 9.84 Å². The van der Waals surface area contributed by atoms with Crippen molar-refractivity contribution in [1.29, 1.82) is 0 Å².